The summed E-state index contributed by atoms with van der Waals surface area (Å²) in [7, 11) is 3.66. The highest BCUT2D eigenvalue weighted by Crippen LogP contribution is 2.23. The Kier molecular flexibility index (Phi) is 4.64. The average molecular weight is 366 g/mol. The maximum Gasteiger partial charge on any atom is 0.257 e. The lowest BCUT2D eigenvalue weighted by molar-refractivity contribution is 0.302. The van der Waals surface area contributed by atoms with Crippen molar-refractivity contribution in [3.05, 3.63) is 59.4 Å². The van der Waals surface area contributed by atoms with E-state index in [1.807, 2.05) is 49.5 Å². The van der Waals surface area contributed by atoms with Gasteiger partial charge in [-0.1, -0.05) is 17.3 Å². The molecule has 0 saturated heterocycles. The molecule has 2 aromatic heterocycles. The van der Waals surface area contributed by atoms with Crippen molar-refractivity contribution in [3.63, 3.8) is 0 Å². The number of methoxy groups -OCH3 is 1. The summed E-state index contributed by atoms with van der Waals surface area (Å²) in [6, 6.07) is 15.7. The molecule has 0 saturated carbocycles. The van der Waals surface area contributed by atoms with Gasteiger partial charge in [0.2, 0.25) is 0 Å². The molecule has 0 spiro atoms. The van der Waals surface area contributed by atoms with Crippen LogP contribution in [0.1, 0.15) is 10.8 Å². The van der Waals surface area contributed by atoms with E-state index in [1.165, 1.54) is 4.70 Å². The fraction of sp³-hybridized carbons (Fsp3) is 0.211. The van der Waals surface area contributed by atoms with Gasteiger partial charge in [0, 0.05) is 5.56 Å². The molecule has 0 unspecified atom stereocenters. The van der Waals surface area contributed by atoms with Crippen molar-refractivity contribution in [2.75, 3.05) is 14.2 Å². The third kappa shape index (κ3) is 3.58. The Labute approximate surface area is 155 Å². The first-order valence-electron chi connectivity index (χ1n) is 8.21. The molecule has 132 valence electrons. The predicted octanol–water partition coefficient (Wildman–Crippen LogP) is 3.99. The van der Waals surface area contributed by atoms with Gasteiger partial charge in [-0.2, -0.15) is 4.98 Å². The number of ether oxygens (including phenoxy) is 1. The molecule has 2 aromatic carbocycles. The lowest BCUT2D eigenvalue weighted by Crippen LogP contribution is -2.17. The molecule has 0 aliphatic heterocycles. The average Bonchev–Trinajstić information content (AvgIpc) is 3.28. The van der Waals surface area contributed by atoms with Gasteiger partial charge in [-0.3, -0.25) is 4.90 Å². The number of thiazole rings is 1. The molecule has 4 aromatic rings. The number of aromatic nitrogens is 3. The molecule has 0 fully saturated rings. The first kappa shape index (κ1) is 16.7. The highest BCUT2D eigenvalue weighted by atomic mass is 32.1. The molecule has 0 radical (unpaired) electrons. The van der Waals surface area contributed by atoms with Gasteiger partial charge in [0.05, 0.1) is 30.4 Å². The molecular weight excluding hydrogens is 348 g/mol. The van der Waals surface area contributed by atoms with Crippen LogP contribution in [-0.4, -0.2) is 34.2 Å². The number of fused-ring (bicyclic) bond motifs is 1. The molecule has 0 atom stereocenters. The number of hydrogen-bond acceptors (Lipinski definition) is 7. The molecule has 2 heterocycles. The minimum absolute atomic E-state index is 0.510. The maximum atomic E-state index is 5.38. The number of nitrogens with zero attached hydrogens (tertiary/aromatic N) is 4. The van der Waals surface area contributed by atoms with E-state index in [2.05, 4.69) is 26.1 Å². The smallest absolute Gasteiger partial charge is 0.257 e. The van der Waals surface area contributed by atoms with Crippen molar-refractivity contribution in [1.82, 2.24) is 20.0 Å². The van der Waals surface area contributed by atoms with E-state index in [1.54, 1.807) is 18.4 Å². The van der Waals surface area contributed by atoms with Crippen LogP contribution in [0.3, 0.4) is 0 Å². The number of benzene rings is 2. The molecule has 0 aliphatic carbocycles. The highest BCUT2D eigenvalue weighted by Gasteiger charge is 2.12. The summed E-state index contributed by atoms with van der Waals surface area (Å²) in [6.07, 6.45) is 0. The van der Waals surface area contributed by atoms with Crippen molar-refractivity contribution in [2.24, 2.45) is 0 Å². The molecule has 7 heteroatoms. The fourth-order valence-corrected chi connectivity index (χ4v) is 3.73. The molecule has 4 rings (SSSR count). The van der Waals surface area contributed by atoms with Crippen molar-refractivity contribution in [2.45, 2.75) is 13.1 Å². The Morgan fingerprint density at radius 3 is 2.62 bits per heavy atom. The lowest BCUT2D eigenvalue weighted by atomic mass is 10.2. The second-order valence-electron chi connectivity index (χ2n) is 5.99. The van der Waals surface area contributed by atoms with Crippen LogP contribution in [0, 0.1) is 0 Å². The first-order valence-corrected chi connectivity index (χ1v) is 9.03. The Balaban J connectivity index is 1.42. The Morgan fingerprint density at radius 2 is 1.85 bits per heavy atom. The van der Waals surface area contributed by atoms with Crippen molar-refractivity contribution < 1.29 is 9.26 Å². The van der Waals surface area contributed by atoms with Gasteiger partial charge < -0.3 is 9.26 Å². The Hall–Kier alpha value is -2.77. The van der Waals surface area contributed by atoms with E-state index in [0.29, 0.717) is 18.3 Å². The largest absolute Gasteiger partial charge is 0.497 e. The minimum atomic E-state index is 0.510. The van der Waals surface area contributed by atoms with E-state index in [4.69, 9.17) is 9.26 Å². The fourth-order valence-electron chi connectivity index (χ4n) is 2.68. The van der Waals surface area contributed by atoms with Gasteiger partial charge in [0.15, 0.2) is 5.82 Å². The Bertz CT molecular complexity index is 977. The van der Waals surface area contributed by atoms with Gasteiger partial charge >= 0.3 is 0 Å². The third-order valence-electron chi connectivity index (χ3n) is 3.96. The molecular formula is C19H18N4O2S. The van der Waals surface area contributed by atoms with Crippen LogP contribution in [0.4, 0.5) is 0 Å². The van der Waals surface area contributed by atoms with Crippen molar-refractivity contribution in [1.29, 1.82) is 0 Å². The van der Waals surface area contributed by atoms with Crippen molar-refractivity contribution in [3.8, 4) is 17.2 Å². The number of para-hydroxylation sites is 1. The first-order chi connectivity index (χ1) is 12.7. The summed E-state index contributed by atoms with van der Waals surface area (Å²) < 4.78 is 11.8. The van der Waals surface area contributed by atoms with Gasteiger partial charge in [0.1, 0.15) is 10.8 Å². The topological polar surface area (TPSA) is 64.3 Å². The van der Waals surface area contributed by atoms with Crippen LogP contribution in [-0.2, 0) is 13.1 Å². The van der Waals surface area contributed by atoms with E-state index in [0.717, 1.165) is 28.4 Å². The standard InChI is InChI=1S/C19H18N4O2S/c1-23(12-18-20-15-5-3-4-6-16(15)26-18)11-17-21-19(25-22-17)13-7-9-14(24-2)10-8-13/h3-10H,11-12H2,1-2H3. The van der Waals surface area contributed by atoms with Crippen LogP contribution < -0.4 is 4.74 Å². The maximum absolute atomic E-state index is 5.38. The van der Waals surface area contributed by atoms with E-state index in [9.17, 15) is 0 Å². The molecule has 26 heavy (non-hydrogen) atoms. The van der Waals surface area contributed by atoms with Crippen LogP contribution in [0.25, 0.3) is 21.7 Å². The quantitative estimate of drug-likeness (QED) is 0.514. The normalized spacial score (nSPS) is 11.3. The van der Waals surface area contributed by atoms with Gasteiger partial charge in [-0.15, -0.1) is 11.3 Å². The number of rotatable bonds is 6. The third-order valence-corrected chi connectivity index (χ3v) is 4.98. The second kappa shape index (κ2) is 7.23. The summed E-state index contributed by atoms with van der Waals surface area (Å²) >= 11 is 1.71. The van der Waals surface area contributed by atoms with Gasteiger partial charge in [-0.05, 0) is 43.4 Å². The van der Waals surface area contributed by atoms with Crippen LogP contribution in [0.2, 0.25) is 0 Å². The van der Waals surface area contributed by atoms with E-state index < -0.39 is 0 Å². The zero-order chi connectivity index (χ0) is 17.9. The van der Waals surface area contributed by atoms with Crippen molar-refractivity contribution >= 4 is 21.6 Å². The van der Waals surface area contributed by atoms with Crippen LogP contribution in [0.5, 0.6) is 5.75 Å². The SMILES string of the molecule is COc1ccc(-c2nc(CN(C)Cc3nc4ccccc4s3)no2)cc1. The van der Waals surface area contributed by atoms with Gasteiger partial charge in [0.25, 0.3) is 5.89 Å². The Morgan fingerprint density at radius 1 is 1.04 bits per heavy atom. The summed E-state index contributed by atoms with van der Waals surface area (Å²) in [5.41, 5.74) is 1.92. The molecule has 6 nitrogen and oxygen atoms in total. The second-order valence-corrected chi connectivity index (χ2v) is 7.11. The monoisotopic (exact) mass is 366 g/mol. The highest BCUT2D eigenvalue weighted by molar-refractivity contribution is 7.18. The van der Waals surface area contributed by atoms with E-state index in [-0.39, 0.29) is 0 Å². The summed E-state index contributed by atoms with van der Waals surface area (Å²) in [5, 5.41) is 5.16. The molecule has 0 bridgehead atoms. The molecule has 0 N–H and O–H groups in total. The van der Waals surface area contributed by atoms with Crippen LogP contribution in [0.15, 0.2) is 53.1 Å². The summed E-state index contributed by atoms with van der Waals surface area (Å²) in [5.74, 6) is 1.96. The summed E-state index contributed by atoms with van der Waals surface area (Å²) in [6.45, 7) is 1.33. The minimum Gasteiger partial charge on any atom is -0.497 e. The predicted molar refractivity (Wildman–Crippen MR) is 101 cm³/mol. The molecule has 0 aliphatic rings. The lowest BCUT2D eigenvalue weighted by Gasteiger charge is -2.11. The molecule has 0 amide bonds. The zero-order valence-corrected chi connectivity index (χ0v) is 15.4. The van der Waals surface area contributed by atoms with Gasteiger partial charge in [-0.25, -0.2) is 4.98 Å². The summed E-state index contributed by atoms with van der Waals surface area (Å²) in [4.78, 5) is 11.3. The van der Waals surface area contributed by atoms with Crippen LogP contribution >= 0.6 is 11.3 Å². The zero-order valence-electron chi connectivity index (χ0n) is 14.5. The number of hydrogen-bond donors (Lipinski definition) is 0. The van der Waals surface area contributed by atoms with E-state index >= 15 is 0 Å².